The molecule has 1 unspecified atom stereocenters. The van der Waals surface area contributed by atoms with Gasteiger partial charge in [-0.3, -0.25) is 10.3 Å². The molecule has 3 heterocycles. The third-order valence-electron chi connectivity index (χ3n) is 4.43. The van der Waals surface area contributed by atoms with Crippen LogP contribution in [0.4, 0.5) is 0 Å². The van der Waals surface area contributed by atoms with E-state index in [0.29, 0.717) is 11.5 Å². The SMILES string of the molecule is CCCNC1NC=C(c2cc(-c3cccc(C)c3Br)nc(-c3cnccn3)n2)S1. The second kappa shape index (κ2) is 9.02. The molecule has 148 valence electrons. The highest BCUT2D eigenvalue weighted by molar-refractivity contribution is 9.10. The average molecular weight is 469 g/mol. The third kappa shape index (κ3) is 4.49. The Hall–Kier alpha value is -2.29. The van der Waals surface area contributed by atoms with Crippen molar-refractivity contribution in [2.24, 2.45) is 0 Å². The largest absolute Gasteiger partial charge is 0.366 e. The molecule has 0 saturated heterocycles. The molecule has 0 radical (unpaired) electrons. The molecule has 2 aromatic heterocycles. The van der Waals surface area contributed by atoms with Gasteiger partial charge in [0.05, 0.1) is 22.5 Å². The van der Waals surface area contributed by atoms with Gasteiger partial charge in [-0.15, -0.1) is 0 Å². The molecule has 6 nitrogen and oxygen atoms in total. The molecule has 0 bridgehead atoms. The van der Waals surface area contributed by atoms with Crippen molar-refractivity contribution in [1.29, 1.82) is 0 Å². The zero-order chi connectivity index (χ0) is 20.2. The van der Waals surface area contributed by atoms with Crippen LogP contribution in [0.25, 0.3) is 27.7 Å². The summed E-state index contributed by atoms with van der Waals surface area (Å²) in [5, 5.41) is 6.84. The summed E-state index contributed by atoms with van der Waals surface area (Å²) in [5.74, 6) is 0.561. The topological polar surface area (TPSA) is 75.6 Å². The highest BCUT2D eigenvalue weighted by Crippen LogP contribution is 2.36. The molecule has 1 aromatic carbocycles. The molecular weight excluding hydrogens is 448 g/mol. The minimum Gasteiger partial charge on any atom is -0.366 e. The fourth-order valence-corrected chi connectivity index (χ4v) is 4.36. The lowest BCUT2D eigenvalue weighted by molar-refractivity contribution is 0.607. The Bertz CT molecular complexity index is 1040. The maximum Gasteiger partial charge on any atom is 0.180 e. The van der Waals surface area contributed by atoms with Crippen LogP contribution in [0.2, 0.25) is 0 Å². The zero-order valence-electron chi connectivity index (χ0n) is 16.2. The number of aromatic nitrogens is 4. The van der Waals surface area contributed by atoms with Gasteiger partial charge in [-0.05, 0) is 47.4 Å². The predicted molar refractivity (Wildman–Crippen MR) is 122 cm³/mol. The first-order valence-electron chi connectivity index (χ1n) is 9.43. The fourth-order valence-electron chi connectivity index (χ4n) is 2.94. The summed E-state index contributed by atoms with van der Waals surface area (Å²) in [6.45, 7) is 5.19. The van der Waals surface area contributed by atoms with Crippen molar-refractivity contribution >= 4 is 32.6 Å². The van der Waals surface area contributed by atoms with E-state index in [0.717, 1.165) is 44.9 Å². The van der Waals surface area contributed by atoms with Gasteiger partial charge < -0.3 is 5.32 Å². The van der Waals surface area contributed by atoms with Gasteiger partial charge in [-0.25, -0.2) is 15.0 Å². The van der Waals surface area contributed by atoms with E-state index < -0.39 is 0 Å². The average Bonchev–Trinajstić information content (AvgIpc) is 3.23. The molecule has 2 N–H and O–H groups in total. The summed E-state index contributed by atoms with van der Waals surface area (Å²) in [5.41, 5.74) is 4.69. The van der Waals surface area contributed by atoms with Gasteiger partial charge in [0.25, 0.3) is 0 Å². The minimum atomic E-state index is 0.147. The molecule has 3 aromatic rings. The Morgan fingerprint density at radius 3 is 2.83 bits per heavy atom. The van der Waals surface area contributed by atoms with Crippen LogP contribution in [0.15, 0.2) is 53.5 Å². The van der Waals surface area contributed by atoms with Crippen molar-refractivity contribution in [2.75, 3.05) is 6.54 Å². The van der Waals surface area contributed by atoms with Crippen LogP contribution >= 0.6 is 27.7 Å². The number of aryl methyl sites for hydroxylation is 1. The number of thioether (sulfide) groups is 1. The van der Waals surface area contributed by atoms with E-state index in [1.165, 1.54) is 0 Å². The Morgan fingerprint density at radius 2 is 2.03 bits per heavy atom. The van der Waals surface area contributed by atoms with Crippen LogP contribution in [0.1, 0.15) is 24.6 Å². The van der Waals surface area contributed by atoms with Crippen LogP contribution in [-0.2, 0) is 0 Å². The van der Waals surface area contributed by atoms with Crippen LogP contribution in [0.3, 0.4) is 0 Å². The summed E-state index contributed by atoms with van der Waals surface area (Å²) >= 11 is 5.43. The summed E-state index contributed by atoms with van der Waals surface area (Å²) in [6, 6.07) is 8.20. The minimum absolute atomic E-state index is 0.147. The molecule has 8 heteroatoms. The molecule has 1 atom stereocenters. The van der Waals surface area contributed by atoms with Gasteiger partial charge in [-0.2, -0.15) is 0 Å². The van der Waals surface area contributed by atoms with E-state index in [9.17, 15) is 0 Å². The van der Waals surface area contributed by atoms with Gasteiger partial charge in [0.1, 0.15) is 11.2 Å². The van der Waals surface area contributed by atoms with Gasteiger partial charge >= 0.3 is 0 Å². The summed E-state index contributed by atoms with van der Waals surface area (Å²) in [4.78, 5) is 19.2. The smallest absolute Gasteiger partial charge is 0.180 e. The van der Waals surface area contributed by atoms with Crippen LogP contribution in [0, 0.1) is 6.92 Å². The molecule has 29 heavy (non-hydrogen) atoms. The predicted octanol–water partition coefficient (Wildman–Crippen LogP) is 4.59. The molecule has 1 aliphatic heterocycles. The number of rotatable bonds is 6. The Balaban J connectivity index is 1.77. The lowest BCUT2D eigenvalue weighted by atomic mass is 10.1. The Labute approximate surface area is 182 Å². The number of hydrogen-bond acceptors (Lipinski definition) is 7. The summed E-state index contributed by atoms with van der Waals surface area (Å²) in [7, 11) is 0. The van der Waals surface area contributed by atoms with Crippen LogP contribution in [-0.4, -0.2) is 32.0 Å². The third-order valence-corrected chi connectivity index (χ3v) is 6.60. The molecule has 0 saturated carbocycles. The van der Waals surface area contributed by atoms with E-state index in [-0.39, 0.29) is 5.50 Å². The van der Waals surface area contributed by atoms with Crippen LogP contribution in [0.5, 0.6) is 0 Å². The van der Waals surface area contributed by atoms with Crippen molar-refractivity contribution < 1.29 is 0 Å². The van der Waals surface area contributed by atoms with E-state index in [4.69, 9.17) is 9.97 Å². The van der Waals surface area contributed by atoms with Gasteiger partial charge in [0.2, 0.25) is 0 Å². The second-order valence-electron chi connectivity index (χ2n) is 6.62. The molecule has 0 aliphatic carbocycles. The van der Waals surface area contributed by atoms with Crippen molar-refractivity contribution in [2.45, 2.75) is 25.8 Å². The quantitative estimate of drug-likeness (QED) is 0.547. The van der Waals surface area contributed by atoms with Gasteiger partial charge in [0, 0.05) is 28.6 Å². The molecule has 4 rings (SSSR count). The summed E-state index contributed by atoms with van der Waals surface area (Å²) < 4.78 is 1.03. The first kappa shape index (κ1) is 20.0. The fraction of sp³-hybridized carbons (Fsp3) is 0.238. The van der Waals surface area contributed by atoms with E-state index >= 15 is 0 Å². The maximum atomic E-state index is 4.80. The number of nitrogens with zero attached hydrogens (tertiary/aromatic N) is 4. The molecule has 0 spiro atoms. The van der Waals surface area contributed by atoms with Crippen LogP contribution < -0.4 is 10.6 Å². The van der Waals surface area contributed by atoms with E-state index in [1.54, 1.807) is 30.4 Å². The summed E-state index contributed by atoms with van der Waals surface area (Å²) in [6.07, 6.45) is 8.09. The normalized spacial score (nSPS) is 15.8. The first-order chi connectivity index (χ1) is 14.2. The number of benzene rings is 1. The van der Waals surface area contributed by atoms with Crippen molar-refractivity contribution in [3.63, 3.8) is 0 Å². The lowest BCUT2D eigenvalue weighted by Gasteiger charge is -2.13. The van der Waals surface area contributed by atoms with Crippen molar-refractivity contribution in [3.8, 4) is 22.8 Å². The lowest BCUT2D eigenvalue weighted by Crippen LogP contribution is -2.34. The van der Waals surface area contributed by atoms with Crippen molar-refractivity contribution in [1.82, 2.24) is 30.6 Å². The van der Waals surface area contributed by atoms with E-state index in [2.05, 4.69) is 62.5 Å². The van der Waals surface area contributed by atoms with Crippen molar-refractivity contribution in [3.05, 3.63) is 64.8 Å². The standard InChI is InChI=1S/C21H21BrN6S/c1-3-7-25-21-26-12-18(29-21)16-10-15(14-6-4-5-13(2)19(14)22)27-20(28-16)17-11-23-8-9-24-17/h4-6,8-12,21,25-26H,3,7H2,1-2H3. The Kier molecular flexibility index (Phi) is 6.22. The van der Waals surface area contributed by atoms with Gasteiger partial charge in [-0.1, -0.05) is 36.9 Å². The van der Waals surface area contributed by atoms with Gasteiger partial charge in [0.15, 0.2) is 5.82 Å². The highest BCUT2D eigenvalue weighted by atomic mass is 79.9. The molecular formula is C21H21BrN6S. The molecule has 0 fully saturated rings. The number of halogens is 1. The highest BCUT2D eigenvalue weighted by Gasteiger charge is 2.21. The monoisotopic (exact) mass is 468 g/mol. The molecule has 0 amide bonds. The van der Waals surface area contributed by atoms with E-state index in [1.807, 2.05) is 18.3 Å². The number of nitrogens with one attached hydrogen (secondary N) is 2. The molecule has 1 aliphatic rings. The first-order valence-corrected chi connectivity index (χ1v) is 11.1. The zero-order valence-corrected chi connectivity index (χ0v) is 18.6. The number of hydrogen-bond donors (Lipinski definition) is 2. The second-order valence-corrected chi connectivity index (χ2v) is 8.56. The Morgan fingerprint density at radius 1 is 1.17 bits per heavy atom. The maximum absolute atomic E-state index is 4.80.